The topological polar surface area (TPSA) is 73.8 Å². The largest absolute Gasteiger partial charge is 0.392 e. The van der Waals surface area contributed by atoms with Crippen molar-refractivity contribution in [1.82, 2.24) is 0 Å². The molecule has 0 aromatic heterocycles. The first-order valence-electron chi connectivity index (χ1n) is 14.2. The molecule has 0 unspecified atom stereocenters. The summed E-state index contributed by atoms with van der Waals surface area (Å²) >= 11 is 0. The standard InChI is InChI=1S/C33H42FN3O3/c1-23-10-15-27(16-11-23)35-32(39)36-30-20-24(29-21-26(34)14-12-25(29)22-38)13-17-31(30)37(19-18-33(2,3)40-4)28-8-6-5-7-9-28/h10-17,20-21,28,38H,5-9,18-19,22H2,1-4H3,(H2,35,36,39). The second kappa shape index (κ2) is 13.3. The Hall–Kier alpha value is -3.42. The number of halogens is 1. The Morgan fingerprint density at radius 1 is 1.02 bits per heavy atom. The maximum atomic E-state index is 14.3. The van der Waals surface area contributed by atoms with Gasteiger partial charge in [-0.2, -0.15) is 0 Å². The van der Waals surface area contributed by atoms with Gasteiger partial charge in [-0.1, -0.05) is 49.1 Å². The van der Waals surface area contributed by atoms with Crippen molar-refractivity contribution >= 4 is 23.1 Å². The molecule has 0 radical (unpaired) electrons. The number of carbonyl (C=O) groups is 1. The molecule has 3 N–H and O–H groups in total. The Balaban J connectivity index is 1.74. The molecule has 0 saturated heterocycles. The van der Waals surface area contributed by atoms with Crippen LogP contribution in [0.25, 0.3) is 11.1 Å². The summed E-state index contributed by atoms with van der Waals surface area (Å²) in [6.07, 6.45) is 6.57. The van der Waals surface area contributed by atoms with Gasteiger partial charge in [-0.25, -0.2) is 9.18 Å². The molecule has 4 rings (SSSR count). The summed E-state index contributed by atoms with van der Waals surface area (Å²) in [4.78, 5) is 15.7. The minimum Gasteiger partial charge on any atom is -0.392 e. The van der Waals surface area contributed by atoms with Crippen molar-refractivity contribution < 1.29 is 19.0 Å². The lowest BCUT2D eigenvalue weighted by molar-refractivity contribution is 0.0167. The van der Waals surface area contributed by atoms with Gasteiger partial charge in [0.05, 0.1) is 23.6 Å². The molecule has 1 fully saturated rings. The number of anilines is 3. The average molecular weight is 548 g/mol. The van der Waals surface area contributed by atoms with Gasteiger partial charge >= 0.3 is 6.03 Å². The Bertz CT molecular complexity index is 1290. The van der Waals surface area contributed by atoms with Crippen molar-refractivity contribution in [3.05, 3.63) is 77.6 Å². The predicted molar refractivity (Wildman–Crippen MR) is 162 cm³/mol. The molecule has 1 aliphatic rings. The number of aliphatic hydroxyl groups is 1. The fourth-order valence-electron chi connectivity index (χ4n) is 5.32. The second-order valence-corrected chi connectivity index (χ2v) is 11.3. The van der Waals surface area contributed by atoms with Crippen LogP contribution in [-0.2, 0) is 11.3 Å². The number of methoxy groups -OCH3 is 1. The van der Waals surface area contributed by atoms with Gasteiger partial charge in [0.15, 0.2) is 0 Å². The normalized spacial score (nSPS) is 14.2. The Kier molecular flexibility index (Phi) is 9.82. The van der Waals surface area contributed by atoms with E-state index >= 15 is 0 Å². The van der Waals surface area contributed by atoms with E-state index < -0.39 is 0 Å². The van der Waals surface area contributed by atoms with Crippen molar-refractivity contribution in [3.63, 3.8) is 0 Å². The molecule has 6 nitrogen and oxygen atoms in total. The highest BCUT2D eigenvalue weighted by atomic mass is 19.1. The summed E-state index contributed by atoms with van der Waals surface area (Å²) in [5.41, 5.74) is 5.01. The fourth-order valence-corrected chi connectivity index (χ4v) is 5.32. The molecule has 3 aromatic rings. The molecule has 1 aliphatic carbocycles. The maximum absolute atomic E-state index is 14.3. The van der Waals surface area contributed by atoms with Gasteiger partial charge in [-0.3, -0.25) is 0 Å². The van der Waals surface area contributed by atoms with Crippen LogP contribution in [0.2, 0.25) is 0 Å². The quantitative estimate of drug-likeness (QED) is 0.241. The van der Waals surface area contributed by atoms with E-state index in [1.165, 1.54) is 31.4 Å². The number of nitrogens with zero attached hydrogens (tertiary/aromatic N) is 1. The fraction of sp³-hybridized carbons (Fsp3) is 0.424. The Labute approximate surface area is 237 Å². The van der Waals surface area contributed by atoms with Gasteiger partial charge in [-0.15, -0.1) is 0 Å². The van der Waals surface area contributed by atoms with Gasteiger partial charge in [0.25, 0.3) is 0 Å². The van der Waals surface area contributed by atoms with Gasteiger partial charge in [0.2, 0.25) is 0 Å². The van der Waals surface area contributed by atoms with Crippen LogP contribution in [0.1, 0.15) is 63.5 Å². The minimum atomic E-state index is -0.381. The number of urea groups is 1. The van der Waals surface area contributed by atoms with E-state index in [0.29, 0.717) is 28.5 Å². The summed E-state index contributed by atoms with van der Waals surface area (Å²) in [6.45, 7) is 6.72. The van der Waals surface area contributed by atoms with E-state index in [2.05, 4.69) is 29.4 Å². The molecule has 0 bridgehead atoms. The van der Waals surface area contributed by atoms with E-state index in [-0.39, 0.29) is 24.1 Å². The van der Waals surface area contributed by atoms with E-state index in [1.54, 1.807) is 13.2 Å². The van der Waals surface area contributed by atoms with Crippen LogP contribution in [0.15, 0.2) is 60.7 Å². The SMILES string of the molecule is COC(C)(C)CCN(c1ccc(-c2cc(F)ccc2CO)cc1NC(=O)Nc1ccc(C)cc1)C1CCCCC1. The van der Waals surface area contributed by atoms with Crippen LogP contribution in [-0.4, -0.2) is 36.4 Å². The zero-order valence-electron chi connectivity index (χ0n) is 24.1. The van der Waals surface area contributed by atoms with Gasteiger partial charge in [-0.05, 0) is 93.1 Å². The molecule has 3 aromatic carbocycles. The second-order valence-electron chi connectivity index (χ2n) is 11.3. The smallest absolute Gasteiger partial charge is 0.323 e. The lowest BCUT2D eigenvalue weighted by Gasteiger charge is -2.39. The Morgan fingerprint density at radius 2 is 1.75 bits per heavy atom. The van der Waals surface area contributed by atoms with Gasteiger partial charge in [0.1, 0.15) is 5.82 Å². The van der Waals surface area contributed by atoms with Crippen LogP contribution < -0.4 is 15.5 Å². The highest BCUT2D eigenvalue weighted by Gasteiger charge is 2.27. The average Bonchev–Trinajstić information content (AvgIpc) is 2.95. The lowest BCUT2D eigenvalue weighted by atomic mass is 9.92. The summed E-state index contributed by atoms with van der Waals surface area (Å²) in [6, 6.07) is 17.8. The predicted octanol–water partition coefficient (Wildman–Crippen LogP) is 7.89. The zero-order valence-corrected chi connectivity index (χ0v) is 24.1. The number of aliphatic hydroxyl groups excluding tert-OH is 1. The molecule has 0 atom stereocenters. The number of hydrogen-bond donors (Lipinski definition) is 3. The number of hydrogen-bond acceptors (Lipinski definition) is 4. The van der Waals surface area contributed by atoms with Crippen molar-refractivity contribution in [2.75, 3.05) is 29.2 Å². The van der Waals surface area contributed by atoms with E-state index in [1.807, 2.05) is 49.4 Å². The lowest BCUT2D eigenvalue weighted by Crippen LogP contribution is -2.41. The van der Waals surface area contributed by atoms with E-state index in [9.17, 15) is 14.3 Å². The number of amides is 2. The summed E-state index contributed by atoms with van der Waals surface area (Å²) < 4.78 is 20.0. The highest BCUT2D eigenvalue weighted by Crippen LogP contribution is 2.37. The summed E-state index contributed by atoms with van der Waals surface area (Å²) in [5, 5.41) is 15.9. The summed E-state index contributed by atoms with van der Waals surface area (Å²) in [5.74, 6) is -0.381. The van der Waals surface area contributed by atoms with Crippen LogP contribution in [0.5, 0.6) is 0 Å². The van der Waals surface area contributed by atoms with Crippen LogP contribution in [0, 0.1) is 12.7 Å². The number of aryl methyl sites for hydroxylation is 1. The van der Waals surface area contributed by atoms with Crippen molar-refractivity contribution in [3.8, 4) is 11.1 Å². The monoisotopic (exact) mass is 547 g/mol. The summed E-state index contributed by atoms with van der Waals surface area (Å²) in [7, 11) is 1.74. The molecular weight excluding hydrogens is 505 g/mol. The van der Waals surface area contributed by atoms with Gasteiger partial charge < -0.3 is 25.4 Å². The van der Waals surface area contributed by atoms with Crippen molar-refractivity contribution in [2.45, 2.75) is 77.5 Å². The number of rotatable bonds is 10. The zero-order chi connectivity index (χ0) is 28.7. The highest BCUT2D eigenvalue weighted by molar-refractivity contribution is 6.02. The maximum Gasteiger partial charge on any atom is 0.323 e. The molecule has 0 spiro atoms. The van der Waals surface area contributed by atoms with Crippen LogP contribution >= 0.6 is 0 Å². The third-order valence-corrected chi connectivity index (χ3v) is 7.94. The molecule has 214 valence electrons. The first-order chi connectivity index (χ1) is 19.2. The number of carbonyl (C=O) groups excluding carboxylic acids is 1. The third-order valence-electron chi connectivity index (χ3n) is 7.94. The van der Waals surface area contributed by atoms with Crippen molar-refractivity contribution in [2.24, 2.45) is 0 Å². The number of nitrogens with one attached hydrogen (secondary N) is 2. The molecule has 2 amide bonds. The third kappa shape index (κ3) is 7.61. The van der Waals surface area contributed by atoms with E-state index in [4.69, 9.17) is 4.74 Å². The molecule has 0 aliphatic heterocycles. The van der Waals surface area contributed by atoms with E-state index in [0.717, 1.165) is 42.6 Å². The van der Waals surface area contributed by atoms with Gasteiger partial charge in [0, 0.05) is 25.4 Å². The molecule has 40 heavy (non-hydrogen) atoms. The van der Waals surface area contributed by atoms with Crippen LogP contribution in [0.3, 0.4) is 0 Å². The first kappa shape index (κ1) is 29.6. The van der Waals surface area contributed by atoms with Crippen LogP contribution in [0.4, 0.5) is 26.2 Å². The Morgan fingerprint density at radius 3 is 2.42 bits per heavy atom. The first-order valence-corrected chi connectivity index (χ1v) is 14.2. The molecular formula is C33H42FN3O3. The minimum absolute atomic E-state index is 0.214. The van der Waals surface area contributed by atoms with Crippen molar-refractivity contribution in [1.29, 1.82) is 0 Å². The molecule has 7 heteroatoms. The molecule has 0 heterocycles. The molecule has 1 saturated carbocycles. The number of benzene rings is 3. The number of ether oxygens (including phenoxy) is 1.